The molecule has 0 aliphatic heterocycles. The number of ether oxygens (including phenoxy) is 1. The quantitative estimate of drug-likeness (QED) is 0.843. The second-order valence-electron chi connectivity index (χ2n) is 7.61. The molecular formula is C21H24N2O4. The number of hydrogen-bond donors (Lipinski definition) is 2. The van der Waals surface area contributed by atoms with Crippen LogP contribution in [-0.2, 0) is 4.79 Å². The van der Waals surface area contributed by atoms with Crippen LogP contribution < -0.4 is 10.1 Å². The molecule has 2 saturated carbocycles. The highest BCUT2D eigenvalue weighted by atomic mass is 16.5. The third-order valence-corrected chi connectivity index (χ3v) is 5.69. The van der Waals surface area contributed by atoms with E-state index in [1.165, 1.54) is 0 Å². The van der Waals surface area contributed by atoms with Crippen molar-refractivity contribution < 1.29 is 19.4 Å². The predicted octanol–water partition coefficient (Wildman–Crippen LogP) is 3.49. The highest BCUT2D eigenvalue weighted by Crippen LogP contribution is 2.40. The maximum Gasteiger partial charge on any atom is 0.306 e. The summed E-state index contributed by atoms with van der Waals surface area (Å²) in [5, 5.41) is 13.0. The van der Waals surface area contributed by atoms with E-state index in [-0.39, 0.29) is 17.9 Å². The number of pyridine rings is 1. The second-order valence-corrected chi connectivity index (χ2v) is 7.61. The molecule has 0 radical (unpaired) electrons. The summed E-state index contributed by atoms with van der Waals surface area (Å²) in [6.45, 7) is 0. The number of nitrogens with one attached hydrogen (secondary N) is 1. The van der Waals surface area contributed by atoms with Gasteiger partial charge in [-0.25, -0.2) is 0 Å². The van der Waals surface area contributed by atoms with Crippen LogP contribution in [0.2, 0.25) is 0 Å². The van der Waals surface area contributed by atoms with Crippen LogP contribution in [0.3, 0.4) is 0 Å². The number of rotatable bonds is 5. The lowest BCUT2D eigenvalue weighted by Crippen LogP contribution is -2.38. The maximum atomic E-state index is 13.0. The fourth-order valence-corrected chi connectivity index (χ4v) is 3.88. The summed E-state index contributed by atoms with van der Waals surface area (Å²) in [6.07, 6.45) is 4.86. The number of methoxy groups -OCH3 is 1. The molecule has 2 fully saturated rings. The van der Waals surface area contributed by atoms with Crippen LogP contribution in [0.15, 0.2) is 24.3 Å². The zero-order chi connectivity index (χ0) is 19.0. The predicted molar refractivity (Wildman–Crippen MR) is 101 cm³/mol. The van der Waals surface area contributed by atoms with E-state index in [2.05, 4.69) is 5.32 Å². The Kier molecular flexibility index (Phi) is 4.72. The Morgan fingerprint density at radius 1 is 1.11 bits per heavy atom. The summed E-state index contributed by atoms with van der Waals surface area (Å²) in [4.78, 5) is 28.9. The number of carboxylic acid groups (broad SMARTS) is 1. The summed E-state index contributed by atoms with van der Waals surface area (Å²) < 4.78 is 5.32. The van der Waals surface area contributed by atoms with Crippen LogP contribution in [0.1, 0.15) is 60.5 Å². The van der Waals surface area contributed by atoms with E-state index in [9.17, 15) is 9.59 Å². The largest absolute Gasteiger partial charge is 0.497 e. The van der Waals surface area contributed by atoms with E-state index in [0.29, 0.717) is 42.9 Å². The molecule has 1 aromatic heterocycles. The molecule has 1 amide bonds. The Hall–Kier alpha value is -2.63. The van der Waals surface area contributed by atoms with E-state index in [1.807, 2.05) is 24.3 Å². The molecule has 0 saturated heterocycles. The lowest BCUT2D eigenvalue weighted by Gasteiger charge is -2.27. The first-order valence-corrected chi connectivity index (χ1v) is 9.57. The Bertz CT molecular complexity index is 883. The van der Waals surface area contributed by atoms with Crippen molar-refractivity contribution in [3.8, 4) is 5.75 Å². The molecule has 27 heavy (non-hydrogen) atoms. The average Bonchev–Trinajstić information content (AvgIpc) is 3.52. The summed E-state index contributed by atoms with van der Waals surface area (Å²) in [6, 6.07) is 7.55. The molecule has 0 unspecified atom stereocenters. The zero-order valence-electron chi connectivity index (χ0n) is 15.4. The number of carbonyl (C=O) groups is 2. The molecule has 6 nitrogen and oxygen atoms in total. The summed E-state index contributed by atoms with van der Waals surface area (Å²) in [7, 11) is 1.60. The standard InChI is InChI=1S/C21H24N2O4/c1-27-15-8-9-18-16(10-15)17(11-19(23-18)12-2-3-12)20(24)22-14-6-4-13(5-7-14)21(25)26/h8-14H,2-7H2,1H3,(H,22,24)(H,25,26). The van der Waals surface area contributed by atoms with Gasteiger partial charge in [0.2, 0.25) is 0 Å². The van der Waals surface area contributed by atoms with Crippen LogP contribution in [-0.4, -0.2) is 35.1 Å². The molecule has 2 N–H and O–H groups in total. The van der Waals surface area contributed by atoms with Gasteiger partial charge in [0.15, 0.2) is 0 Å². The number of aromatic nitrogens is 1. The average molecular weight is 368 g/mol. The van der Waals surface area contributed by atoms with Gasteiger partial charge in [0.25, 0.3) is 5.91 Å². The molecule has 1 heterocycles. The van der Waals surface area contributed by atoms with Crippen LogP contribution in [0.4, 0.5) is 0 Å². The molecule has 1 aromatic carbocycles. The first-order valence-electron chi connectivity index (χ1n) is 9.57. The molecular weight excluding hydrogens is 344 g/mol. The summed E-state index contributed by atoms with van der Waals surface area (Å²) in [5.74, 6) is 0.0107. The Morgan fingerprint density at radius 2 is 1.85 bits per heavy atom. The first kappa shape index (κ1) is 17.8. The van der Waals surface area contributed by atoms with E-state index in [4.69, 9.17) is 14.8 Å². The number of fused-ring (bicyclic) bond motifs is 1. The SMILES string of the molecule is COc1ccc2nc(C3CC3)cc(C(=O)NC3CCC(C(=O)O)CC3)c2c1. The van der Waals surface area contributed by atoms with Crippen molar-refractivity contribution in [1.29, 1.82) is 0 Å². The number of nitrogens with zero attached hydrogens (tertiary/aromatic N) is 1. The summed E-state index contributed by atoms with van der Waals surface area (Å²) >= 11 is 0. The van der Waals surface area contributed by atoms with Gasteiger partial charge in [-0.15, -0.1) is 0 Å². The van der Waals surface area contributed by atoms with Crippen LogP contribution >= 0.6 is 0 Å². The van der Waals surface area contributed by atoms with E-state index >= 15 is 0 Å². The topological polar surface area (TPSA) is 88.5 Å². The van der Waals surface area contributed by atoms with Crippen molar-refractivity contribution in [1.82, 2.24) is 10.3 Å². The van der Waals surface area contributed by atoms with Crippen molar-refractivity contribution in [2.24, 2.45) is 5.92 Å². The minimum absolute atomic E-state index is 0.0197. The van der Waals surface area contributed by atoms with E-state index in [1.54, 1.807) is 7.11 Å². The van der Waals surface area contributed by atoms with E-state index in [0.717, 1.165) is 29.4 Å². The number of carbonyl (C=O) groups excluding carboxylic acids is 1. The van der Waals surface area contributed by atoms with Gasteiger partial charge < -0.3 is 15.2 Å². The van der Waals surface area contributed by atoms with Crippen molar-refractivity contribution in [2.75, 3.05) is 7.11 Å². The van der Waals surface area contributed by atoms with Crippen molar-refractivity contribution >= 4 is 22.8 Å². The molecule has 0 bridgehead atoms. The third-order valence-electron chi connectivity index (χ3n) is 5.69. The van der Waals surface area contributed by atoms with Gasteiger partial charge in [-0.1, -0.05) is 0 Å². The molecule has 4 rings (SSSR count). The third kappa shape index (κ3) is 3.75. The van der Waals surface area contributed by atoms with E-state index < -0.39 is 5.97 Å². The fourth-order valence-electron chi connectivity index (χ4n) is 3.88. The Labute approximate surface area is 157 Å². The highest BCUT2D eigenvalue weighted by Gasteiger charge is 2.29. The van der Waals surface area contributed by atoms with Gasteiger partial charge in [0, 0.05) is 23.0 Å². The highest BCUT2D eigenvalue weighted by molar-refractivity contribution is 6.06. The van der Waals surface area contributed by atoms with Crippen LogP contribution in [0, 0.1) is 5.92 Å². The minimum Gasteiger partial charge on any atom is -0.497 e. The van der Waals surface area contributed by atoms with Crippen molar-refractivity contribution in [3.63, 3.8) is 0 Å². The zero-order valence-corrected chi connectivity index (χ0v) is 15.4. The van der Waals surface area contributed by atoms with Crippen LogP contribution in [0.25, 0.3) is 10.9 Å². The van der Waals surface area contributed by atoms with Gasteiger partial charge in [0.1, 0.15) is 5.75 Å². The van der Waals surface area contributed by atoms with Crippen molar-refractivity contribution in [3.05, 3.63) is 35.5 Å². The lowest BCUT2D eigenvalue weighted by atomic mass is 9.86. The van der Waals surface area contributed by atoms with Crippen molar-refractivity contribution in [2.45, 2.75) is 50.5 Å². The van der Waals surface area contributed by atoms with Gasteiger partial charge in [-0.05, 0) is 62.8 Å². The maximum absolute atomic E-state index is 13.0. The molecule has 2 aliphatic rings. The molecule has 0 spiro atoms. The number of amides is 1. The van der Waals surface area contributed by atoms with Gasteiger partial charge in [0.05, 0.1) is 24.1 Å². The second kappa shape index (κ2) is 7.18. The lowest BCUT2D eigenvalue weighted by molar-refractivity contribution is -0.142. The molecule has 2 aliphatic carbocycles. The van der Waals surface area contributed by atoms with Crippen LogP contribution in [0.5, 0.6) is 5.75 Å². The van der Waals surface area contributed by atoms with Gasteiger partial charge >= 0.3 is 5.97 Å². The molecule has 0 atom stereocenters. The number of aliphatic carboxylic acids is 1. The monoisotopic (exact) mass is 368 g/mol. The number of carboxylic acids is 1. The Balaban J connectivity index is 1.59. The molecule has 2 aromatic rings. The van der Waals surface area contributed by atoms with Gasteiger partial charge in [-0.3, -0.25) is 14.6 Å². The smallest absolute Gasteiger partial charge is 0.306 e. The molecule has 142 valence electrons. The first-order chi connectivity index (χ1) is 13.0. The summed E-state index contributed by atoms with van der Waals surface area (Å²) in [5.41, 5.74) is 2.41. The minimum atomic E-state index is -0.735. The normalized spacial score (nSPS) is 22.4. The fraction of sp³-hybridized carbons (Fsp3) is 0.476. The molecule has 6 heteroatoms. The number of hydrogen-bond acceptors (Lipinski definition) is 4. The van der Waals surface area contributed by atoms with Gasteiger partial charge in [-0.2, -0.15) is 0 Å². The number of benzene rings is 1. The Morgan fingerprint density at radius 3 is 2.48 bits per heavy atom.